The van der Waals surface area contributed by atoms with E-state index in [1.54, 1.807) is 0 Å². The van der Waals surface area contributed by atoms with Crippen LogP contribution in [0, 0.1) is 5.92 Å². The first-order valence-corrected chi connectivity index (χ1v) is 13.2. The van der Waals surface area contributed by atoms with E-state index in [4.69, 9.17) is 14.2 Å². The van der Waals surface area contributed by atoms with Gasteiger partial charge in [-0.05, 0) is 41.5 Å². The average Bonchev–Trinajstić information content (AvgIpc) is 3.36. The third-order valence-corrected chi connectivity index (χ3v) is 7.19. The van der Waals surface area contributed by atoms with Crippen LogP contribution in [0.5, 0.6) is 5.75 Å². The monoisotopic (exact) mass is 530 g/mol. The van der Waals surface area contributed by atoms with Crippen LogP contribution in [0.3, 0.4) is 0 Å². The Morgan fingerprint density at radius 2 is 1.77 bits per heavy atom. The summed E-state index contributed by atoms with van der Waals surface area (Å²) in [6.45, 7) is 11.8. The molecule has 6 nitrogen and oxygen atoms in total. The smallest absolute Gasteiger partial charge is 0.0253 e. The molecular formula is C23H33INO5-. The molecule has 0 spiro atoms. The van der Waals surface area contributed by atoms with Crippen molar-refractivity contribution in [3.05, 3.63) is 29.8 Å². The predicted octanol–water partition coefficient (Wildman–Crippen LogP) is 1.18. The average molecular weight is 530 g/mol. The first-order valence-electron chi connectivity index (χ1n) is 10.4. The molecule has 0 bridgehead atoms. The van der Waals surface area contributed by atoms with Crippen LogP contribution >= 0.6 is 0 Å². The van der Waals surface area contributed by atoms with Crippen molar-refractivity contribution in [2.45, 2.75) is 69.1 Å². The first-order chi connectivity index (χ1) is 13.9. The Balaban J connectivity index is 1.66. The molecule has 7 heteroatoms. The van der Waals surface area contributed by atoms with Crippen molar-refractivity contribution < 1.29 is 45.0 Å². The molecule has 0 aromatic heterocycles. The number of carbonyl (C=O) groups excluding carboxylic acids is 2. The molecule has 168 valence electrons. The molecule has 30 heavy (non-hydrogen) atoms. The molecule has 3 rings (SSSR count). The fourth-order valence-corrected chi connectivity index (χ4v) is 5.05. The van der Waals surface area contributed by atoms with Crippen LogP contribution in [0.4, 0.5) is 4.79 Å². The van der Waals surface area contributed by atoms with E-state index in [0.717, 1.165) is 9.67 Å². The molecule has 2 fully saturated rings. The molecule has 2 unspecified atom stereocenters. The molecule has 1 aromatic rings. The van der Waals surface area contributed by atoms with Crippen LogP contribution in [0.1, 0.15) is 57.5 Å². The molecule has 1 amide bonds. The Morgan fingerprint density at radius 1 is 1.10 bits per heavy atom. The van der Waals surface area contributed by atoms with Gasteiger partial charge in [0.1, 0.15) is 0 Å². The number of halogens is 1. The number of alkyl halides is 2. The Bertz CT molecular complexity index is 743. The van der Waals surface area contributed by atoms with Crippen molar-refractivity contribution in [3.8, 4) is 5.75 Å². The van der Waals surface area contributed by atoms with Gasteiger partial charge in [-0.2, -0.15) is 0 Å². The van der Waals surface area contributed by atoms with Crippen molar-refractivity contribution in [2.75, 3.05) is 17.6 Å². The predicted molar refractivity (Wildman–Crippen MR) is 110 cm³/mol. The third kappa shape index (κ3) is 6.75. The van der Waals surface area contributed by atoms with Gasteiger partial charge in [-0.15, -0.1) is 0 Å². The van der Waals surface area contributed by atoms with Gasteiger partial charge >= 0.3 is 149 Å². The number of benzene rings is 1. The van der Waals surface area contributed by atoms with Crippen LogP contribution in [-0.2, 0) is 14.3 Å². The van der Waals surface area contributed by atoms with E-state index in [1.807, 2.05) is 53.7 Å². The fourth-order valence-electron chi connectivity index (χ4n) is 3.40. The number of hydrogen-bond donors (Lipinski definition) is 0. The van der Waals surface area contributed by atoms with Gasteiger partial charge in [0.25, 0.3) is 0 Å². The number of esters is 1. The number of nitrogens with zero attached hydrogens (tertiary/aromatic N) is 1. The van der Waals surface area contributed by atoms with Gasteiger partial charge in [0.05, 0.1) is 0 Å². The fraction of sp³-hybridized carbons (Fsp3) is 0.652. The Labute approximate surface area is 189 Å². The molecule has 2 aliphatic heterocycles. The van der Waals surface area contributed by atoms with E-state index >= 15 is 0 Å². The van der Waals surface area contributed by atoms with Gasteiger partial charge in [0, 0.05) is 0 Å². The molecule has 0 saturated carbocycles. The van der Waals surface area contributed by atoms with Crippen LogP contribution in [0.15, 0.2) is 24.3 Å². The number of carbonyl (C=O) groups is 2. The summed E-state index contributed by atoms with van der Waals surface area (Å²) in [6.07, 6.45) is 0.0163. The van der Waals surface area contributed by atoms with Gasteiger partial charge in [0.15, 0.2) is 0 Å². The third-order valence-electron chi connectivity index (χ3n) is 4.71. The summed E-state index contributed by atoms with van der Waals surface area (Å²) in [5.74, 6) is 0.496. The molecule has 2 aliphatic rings. The maximum atomic E-state index is 12.8. The second kappa shape index (κ2) is 8.93. The van der Waals surface area contributed by atoms with Gasteiger partial charge < -0.3 is 0 Å². The normalized spacial score (nSPS) is 24.1. The quantitative estimate of drug-likeness (QED) is 0.325. The number of amides is 1. The molecule has 1 aromatic carbocycles. The number of ether oxygens (including phenoxy) is 3. The van der Waals surface area contributed by atoms with Gasteiger partial charge in [-0.3, -0.25) is 0 Å². The molecule has 0 N–H and O–H groups in total. The number of rotatable bonds is 5. The first kappa shape index (κ1) is 23.2. The molecule has 3 atom stereocenters. The molecule has 0 radical (unpaired) electrons. The van der Waals surface area contributed by atoms with Crippen molar-refractivity contribution in [1.29, 1.82) is 0 Å². The summed E-state index contributed by atoms with van der Waals surface area (Å²) < 4.78 is 19.3. The molecular weight excluding hydrogens is 497 g/mol. The van der Waals surface area contributed by atoms with E-state index in [9.17, 15) is 9.59 Å². The van der Waals surface area contributed by atoms with Crippen LogP contribution in [0.2, 0.25) is 0 Å². The number of hydrogen-bond acceptors (Lipinski definition) is 5. The van der Waals surface area contributed by atoms with E-state index in [1.165, 1.54) is 14.9 Å². The zero-order chi connectivity index (χ0) is 22.1. The van der Waals surface area contributed by atoms with Crippen molar-refractivity contribution in [3.63, 3.8) is 0 Å². The summed E-state index contributed by atoms with van der Waals surface area (Å²) >= 11 is 0.347. The Kier molecular flexibility index (Phi) is 6.89. The zero-order valence-corrected chi connectivity index (χ0v) is 20.9. The topological polar surface area (TPSA) is 65.1 Å². The van der Waals surface area contributed by atoms with Crippen LogP contribution in [-0.4, -0.2) is 51.8 Å². The molecule has 2 saturated heterocycles. The van der Waals surface area contributed by atoms with E-state index in [0.29, 0.717) is 40.8 Å². The van der Waals surface area contributed by atoms with Crippen LogP contribution in [0.25, 0.3) is 0 Å². The second-order valence-electron chi connectivity index (χ2n) is 9.94. The minimum Gasteiger partial charge on any atom is -0.0253 e. The van der Waals surface area contributed by atoms with Crippen molar-refractivity contribution in [2.24, 2.45) is 5.92 Å². The van der Waals surface area contributed by atoms with Gasteiger partial charge in [0.2, 0.25) is 0 Å². The van der Waals surface area contributed by atoms with Crippen molar-refractivity contribution in [1.82, 2.24) is 4.90 Å². The minimum absolute atomic E-state index is 0.0343. The summed E-state index contributed by atoms with van der Waals surface area (Å²) in [5, 5.41) is 0. The zero-order valence-electron chi connectivity index (χ0n) is 18.7. The standard InChI is InChI=1S/C23H33INO5/c1-22(2,3)29-20(26)19-10-15(13-25(19)21(27)30-23(4,5)6)14-28-17-9-7-8-16(11-17)18-12-24-18/h7-9,11,15,18-19H,10,12-14H2,1-6H3/q-1/t15-,18?,19?/m0/s1. The van der Waals surface area contributed by atoms with Crippen molar-refractivity contribution >= 4 is 12.1 Å². The summed E-state index contributed by atoms with van der Waals surface area (Å²) in [4.78, 5) is 27.0. The van der Waals surface area contributed by atoms with E-state index in [2.05, 4.69) is 12.1 Å². The van der Waals surface area contributed by atoms with E-state index < -0.39 is 29.3 Å². The van der Waals surface area contributed by atoms with Crippen LogP contribution < -0.4 is 25.9 Å². The number of likely N-dealkylation sites (tertiary alicyclic amines) is 1. The van der Waals surface area contributed by atoms with Gasteiger partial charge in [-0.25, -0.2) is 0 Å². The molecule has 2 heterocycles. The SMILES string of the molecule is CC(C)(C)OC(=O)C1C[C@H](COc2cccc(C3C[I-]3)c2)CN1C(=O)OC(C)(C)C. The summed E-state index contributed by atoms with van der Waals surface area (Å²) in [7, 11) is 0. The van der Waals surface area contributed by atoms with E-state index in [-0.39, 0.29) is 5.92 Å². The van der Waals surface area contributed by atoms with Gasteiger partial charge in [-0.1, -0.05) is 0 Å². The maximum absolute atomic E-state index is 12.8. The summed E-state index contributed by atoms with van der Waals surface area (Å²) in [6, 6.07) is 7.65. The Hall–Kier alpha value is -1.51. The summed E-state index contributed by atoms with van der Waals surface area (Å²) in [5.41, 5.74) is 0.126. The Morgan fingerprint density at radius 3 is 2.37 bits per heavy atom. The minimum atomic E-state index is -0.657. The molecule has 0 aliphatic carbocycles. The second-order valence-corrected chi connectivity index (χ2v) is 13.2.